The molecule has 3 rings (SSSR count). The number of primary amides is 1. The van der Waals surface area contributed by atoms with Crippen molar-refractivity contribution >= 4 is 37.4 Å². The predicted molar refractivity (Wildman–Crippen MR) is 112 cm³/mol. The first-order valence-electron chi connectivity index (χ1n) is 8.55. The Morgan fingerprint density at radius 2 is 1.40 bits per heavy atom. The van der Waals surface area contributed by atoms with E-state index in [9.17, 15) is 21.6 Å². The molecule has 0 fully saturated rings. The maximum absolute atomic E-state index is 13.6. The smallest absolute Gasteiger partial charge is 0.249 e. The van der Waals surface area contributed by atoms with Gasteiger partial charge in [0.2, 0.25) is 25.8 Å². The number of hydrogen-bond donors (Lipinski definition) is 2. The van der Waals surface area contributed by atoms with Crippen molar-refractivity contribution in [3.63, 3.8) is 0 Å². The van der Waals surface area contributed by atoms with Crippen LogP contribution in [-0.2, 0) is 26.3 Å². The lowest BCUT2D eigenvalue weighted by Crippen LogP contribution is -2.20. The molecule has 0 heterocycles. The highest BCUT2D eigenvalue weighted by atomic mass is 35.5. The molecule has 0 radical (unpaired) electrons. The van der Waals surface area contributed by atoms with Crippen molar-refractivity contribution in [2.24, 2.45) is 10.9 Å². The van der Waals surface area contributed by atoms with E-state index in [4.69, 9.17) is 22.5 Å². The third-order valence-electron chi connectivity index (χ3n) is 4.42. The molecule has 0 aliphatic carbocycles. The summed E-state index contributed by atoms with van der Waals surface area (Å²) < 4.78 is 51.1. The lowest BCUT2D eigenvalue weighted by Gasteiger charge is -2.17. The molecule has 1 amide bonds. The van der Waals surface area contributed by atoms with Crippen LogP contribution in [0.25, 0.3) is 0 Å². The van der Waals surface area contributed by atoms with Crippen LogP contribution in [-0.4, -0.2) is 22.7 Å². The summed E-state index contributed by atoms with van der Waals surface area (Å²) in [5.41, 5.74) is 6.22. The molecule has 7 nitrogen and oxygen atoms in total. The molecule has 30 heavy (non-hydrogen) atoms. The molecule has 0 saturated heterocycles. The van der Waals surface area contributed by atoms with Gasteiger partial charge in [-0.2, -0.15) is 0 Å². The quantitative estimate of drug-likeness (QED) is 0.577. The Bertz CT molecular complexity index is 1340. The largest absolute Gasteiger partial charge is 0.366 e. The number of nitrogens with two attached hydrogens (primary N) is 2. The summed E-state index contributed by atoms with van der Waals surface area (Å²) in [7, 11) is -8.84. The van der Waals surface area contributed by atoms with Crippen LogP contribution in [0.1, 0.15) is 21.5 Å². The van der Waals surface area contributed by atoms with Crippen LogP contribution in [0.3, 0.4) is 0 Å². The third-order valence-corrected chi connectivity index (χ3v) is 7.88. The molecule has 3 aromatic carbocycles. The Morgan fingerprint density at radius 3 is 1.97 bits per heavy atom. The number of sulfone groups is 1. The van der Waals surface area contributed by atoms with Gasteiger partial charge in [-0.15, -0.1) is 0 Å². The normalized spacial score (nSPS) is 11.9. The SMILES string of the molecule is NC(=O)c1ccc(Cl)c(S(=O)(=O)c2ccccc2S(N)(=O)=O)c1Cc1ccccc1. The van der Waals surface area contributed by atoms with Gasteiger partial charge in [0, 0.05) is 5.56 Å². The van der Waals surface area contributed by atoms with E-state index in [-0.39, 0.29) is 27.5 Å². The van der Waals surface area contributed by atoms with Crippen LogP contribution in [0.2, 0.25) is 5.02 Å². The standard InChI is InChI=1S/C20H17ClN2O5S2/c21-16-11-10-14(20(22)24)15(12-13-6-2-1-3-7-13)19(16)29(25,26)17-8-4-5-9-18(17)30(23,27)28/h1-11H,12H2,(H2,22,24)(H2,23,27,28). The van der Waals surface area contributed by atoms with Crippen molar-refractivity contribution in [2.75, 3.05) is 0 Å². The van der Waals surface area contributed by atoms with Crippen LogP contribution in [0.15, 0.2) is 81.4 Å². The molecular formula is C20H17ClN2O5S2. The van der Waals surface area contributed by atoms with E-state index in [0.717, 1.165) is 12.1 Å². The van der Waals surface area contributed by atoms with Crippen LogP contribution in [0.5, 0.6) is 0 Å². The molecule has 0 bridgehead atoms. The van der Waals surface area contributed by atoms with E-state index >= 15 is 0 Å². The Balaban J connectivity index is 2.36. The van der Waals surface area contributed by atoms with Gasteiger partial charge in [-0.25, -0.2) is 22.0 Å². The Labute approximate surface area is 179 Å². The molecule has 0 saturated carbocycles. The number of carbonyl (C=O) groups is 1. The van der Waals surface area contributed by atoms with Gasteiger partial charge < -0.3 is 5.73 Å². The highest BCUT2D eigenvalue weighted by Crippen LogP contribution is 2.36. The maximum Gasteiger partial charge on any atom is 0.249 e. The summed E-state index contributed by atoms with van der Waals surface area (Å²) in [6.45, 7) is 0. The second kappa shape index (κ2) is 8.19. The molecule has 10 heteroatoms. The summed E-state index contributed by atoms with van der Waals surface area (Å²) in [5, 5.41) is 5.04. The Morgan fingerprint density at radius 1 is 0.833 bits per heavy atom. The second-order valence-corrected chi connectivity index (χ2v) is 10.2. The highest BCUT2D eigenvalue weighted by molar-refractivity contribution is 7.93. The number of benzene rings is 3. The number of rotatable bonds is 6. The molecular weight excluding hydrogens is 448 g/mol. The van der Waals surface area contributed by atoms with Crippen LogP contribution < -0.4 is 10.9 Å². The number of amides is 1. The fourth-order valence-electron chi connectivity index (χ4n) is 3.11. The first-order chi connectivity index (χ1) is 14.0. The minimum absolute atomic E-state index is 0.0325. The summed E-state index contributed by atoms with van der Waals surface area (Å²) in [5.74, 6) is -0.839. The van der Waals surface area contributed by atoms with E-state index < -0.39 is 35.6 Å². The molecule has 0 unspecified atom stereocenters. The average Bonchev–Trinajstić information content (AvgIpc) is 2.68. The number of carbonyl (C=O) groups excluding carboxylic acids is 1. The molecule has 0 spiro atoms. The van der Waals surface area contributed by atoms with Crippen LogP contribution in [0.4, 0.5) is 0 Å². The minimum Gasteiger partial charge on any atom is -0.366 e. The predicted octanol–water partition coefficient (Wildman–Crippen LogP) is 2.51. The van der Waals surface area contributed by atoms with Gasteiger partial charge in [-0.1, -0.05) is 54.1 Å². The molecule has 156 valence electrons. The lowest BCUT2D eigenvalue weighted by molar-refractivity contribution is 0.0999. The van der Waals surface area contributed by atoms with E-state index in [1.807, 2.05) is 0 Å². The van der Waals surface area contributed by atoms with Gasteiger partial charge in [-0.3, -0.25) is 4.79 Å². The Kier molecular flexibility index (Phi) is 6.00. The molecule has 3 aromatic rings. The van der Waals surface area contributed by atoms with E-state index in [2.05, 4.69) is 0 Å². The third kappa shape index (κ3) is 4.24. The summed E-state index contributed by atoms with van der Waals surface area (Å²) in [4.78, 5) is 10.5. The molecule has 0 aromatic heterocycles. The fraction of sp³-hybridized carbons (Fsp3) is 0.0500. The number of halogens is 1. The van der Waals surface area contributed by atoms with Gasteiger partial charge in [0.1, 0.15) is 4.90 Å². The van der Waals surface area contributed by atoms with Crippen molar-refractivity contribution in [3.8, 4) is 0 Å². The van der Waals surface area contributed by atoms with Crippen LogP contribution >= 0.6 is 11.6 Å². The van der Waals surface area contributed by atoms with Crippen molar-refractivity contribution in [3.05, 3.63) is 88.4 Å². The first-order valence-corrected chi connectivity index (χ1v) is 12.0. The molecule has 0 atom stereocenters. The fourth-order valence-corrected chi connectivity index (χ4v) is 6.53. The molecule has 0 aliphatic heterocycles. The van der Waals surface area contributed by atoms with Gasteiger partial charge in [0.15, 0.2) is 0 Å². The van der Waals surface area contributed by atoms with E-state index in [1.54, 1.807) is 30.3 Å². The maximum atomic E-state index is 13.6. The van der Waals surface area contributed by atoms with Gasteiger partial charge >= 0.3 is 0 Å². The van der Waals surface area contributed by atoms with Gasteiger partial charge in [0.25, 0.3) is 0 Å². The summed E-state index contributed by atoms with van der Waals surface area (Å²) in [6.07, 6.45) is 0.0335. The average molecular weight is 465 g/mol. The zero-order chi connectivity index (χ0) is 22.1. The van der Waals surface area contributed by atoms with Gasteiger partial charge in [-0.05, 0) is 41.8 Å². The van der Waals surface area contributed by atoms with E-state index in [1.165, 1.54) is 24.3 Å². The van der Waals surface area contributed by atoms with E-state index in [0.29, 0.717) is 5.56 Å². The Hall–Kier alpha value is -2.72. The number of hydrogen-bond acceptors (Lipinski definition) is 5. The number of sulfonamides is 1. The zero-order valence-corrected chi connectivity index (χ0v) is 17.8. The second-order valence-electron chi connectivity index (χ2n) is 6.42. The number of primary sulfonamides is 1. The van der Waals surface area contributed by atoms with Crippen molar-refractivity contribution in [1.82, 2.24) is 0 Å². The van der Waals surface area contributed by atoms with Gasteiger partial charge in [0.05, 0.1) is 14.8 Å². The van der Waals surface area contributed by atoms with Crippen molar-refractivity contribution < 1.29 is 21.6 Å². The summed E-state index contributed by atoms with van der Waals surface area (Å²) in [6, 6.07) is 16.3. The van der Waals surface area contributed by atoms with Crippen LogP contribution in [0, 0.1) is 0 Å². The van der Waals surface area contributed by atoms with Crippen molar-refractivity contribution in [1.29, 1.82) is 0 Å². The molecule has 4 N–H and O–H groups in total. The zero-order valence-electron chi connectivity index (χ0n) is 15.4. The summed E-state index contributed by atoms with van der Waals surface area (Å²) >= 11 is 6.26. The highest BCUT2D eigenvalue weighted by Gasteiger charge is 2.31. The monoisotopic (exact) mass is 464 g/mol. The molecule has 0 aliphatic rings. The lowest BCUT2D eigenvalue weighted by atomic mass is 9.99. The topological polar surface area (TPSA) is 137 Å². The minimum atomic E-state index is -4.49. The first kappa shape index (κ1) is 22.0. The van der Waals surface area contributed by atoms with Crippen molar-refractivity contribution in [2.45, 2.75) is 21.1 Å².